The second-order valence-electron chi connectivity index (χ2n) is 26.8. The molecule has 3 spiro atoms. The van der Waals surface area contributed by atoms with E-state index in [1.54, 1.807) is 16.7 Å². The van der Waals surface area contributed by atoms with Gasteiger partial charge in [0.15, 0.2) is 0 Å². The van der Waals surface area contributed by atoms with Crippen molar-refractivity contribution in [2.45, 2.75) is 156 Å². The van der Waals surface area contributed by atoms with Gasteiger partial charge < -0.3 is 35.6 Å². The Morgan fingerprint density at radius 1 is 0.475 bits per heavy atom. The van der Waals surface area contributed by atoms with Crippen LogP contribution in [0.15, 0.2) is 91.0 Å². The van der Waals surface area contributed by atoms with Crippen molar-refractivity contribution < 1.29 is 24.0 Å². The first-order valence-corrected chi connectivity index (χ1v) is 30.4. The number of nitrogens with one attached hydrogen (secondary N) is 1. The third kappa shape index (κ3) is 11.5. The quantitative estimate of drug-likeness (QED) is 0.144. The van der Waals surface area contributed by atoms with Crippen LogP contribution < -0.4 is 11.1 Å². The van der Waals surface area contributed by atoms with Gasteiger partial charge in [-0.1, -0.05) is 91.0 Å². The van der Waals surface area contributed by atoms with Gasteiger partial charge >= 0.3 is 18.1 Å². The van der Waals surface area contributed by atoms with Gasteiger partial charge in [-0.25, -0.2) is 14.4 Å². The van der Waals surface area contributed by atoms with Gasteiger partial charge in [0.25, 0.3) is 0 Å². The molecule has 9 aliphatic rings. The highest BCUT2D eigenvalue weighted by Gasteiger charge is 2.58. The lowest BCUT2D eigenvalue weighted by Crippen LogP contribution is -2.55. The molecule has 12 rings (SSSR count). The smallest absolute Gasteiger partial charge is 0.321 e. The molecular weight excluding hydrogens is 1000 g/mol. The lowest BCUT2D eigenvalue weighted by molar-refractivity contribution is -0.119. The predicted octanol–water partition coefficient (Wildman–Crippen LogP) is 9.07. The van der Waals surface area contributed by atoms with Crippen LogP contribution in [0.2, 0.25) is 0 Å². The Hall–Kier alpha value is -5.51. The molecule has 3 aliphatic heterocycles. The lowest BCUT2D eigenvalue weighted by atomic mass is 9.68. The van der Waals surface area contributed by atoms with Gasteiger partial charge in [0.05, 0.1) is 23.2 Å². The molecule has 15 heteroatoms. The molecule has 3 aromatic carbocycles. The zero-order valence-corrected chi connectivity index (χ0v) is 49.5. The summed E-state index contributed by atoms with van der Waals surface area (Å²) in [5.74, 6) is 1.68. The second kappa shape index (κ2) is 23.0. The largest absolute Gasteiger partial charge is 0.368 e. The minimum absolute atomic E-state index is 0.00207. The van der Waals surface area contributed by atoms with Gasteiger partial charge in [0.2, 0.25) is 5.91 Å². The topological polar surface area (TPSA) is 149 Å². The summed E-state index contributed by atoms with van der Waals surface area (Å²) in [5.41, 5.74) is 9.44. The van der Waals surface area contributed by atoms with Crippen molar-refractivity contribution in [1.29, 1.82) is 0 Å². The molecule has 0 unspecified atom stereocenters. The number of Topliss-reactive ketones (excluding diaryl/α,β-unsaturated/α-hetero) is 1. The normalized spacial score (nSPS) is 31.3. The number of carbonyl (C=O) groups excluding carboxylic acids is 5. The zero-order valence-electron chi connectivity index (χ0n) is 49.5. The summed E-state index contributed by atoms with van der Waals surface area (Å²) in [6.45, 7) is 6.68. The minimum atomic E-state index is -0.431. The Labute approximate surface area is 477 Å². The number of primary amides is 1. The van der Waals surface area contributed by atoms with E-state index in [1.165, 1.54) is 55.2 Å². The highest BCUT2D eigenvalue weighted by molar-refractivity contribution is 5.86. The molecule has 3 saturated heterocycles. The van der Waals surface area contributed by atoms with E-state index in [9.17, 15) is 24.0 Å². The van der Waals surface area contributed by atoms with Crippen molar-refractivity contribution in [3.8, 4) is 0 Å². The van der Waals surface area contributed by atoms with Crippen LogP contribution >= 0.6 is 0 Å². The van der Waals surface area contributed by atoms with Crippen LogP contribution in [0.3, 0.4) is 0 Å². The van der Waals surface area contributed by atoms with E-state index >= 15 is 0 Å². The van der Waals surface area contributed by atoms with Crippen LogP contribution in [0.1, 0.15) is 139 Å². The van der Waals surface area contributed by atoms with Gasteiger partial charge in [-0.15, -0.1) is 0 Å². The molecule has 6 saturated carbocycles. The number of ketones is 1. The van der Waals surface area contributed by atoms with Crippen molar-refractivity contribution in [2.24, 2.45) is 23.5 Å². The maximum Gasteiger partial charge on any atom is 0.321 e. The Bertz CT molecular complexity index is 2520. The van der Waals surface area contributed by atoms with Gasteiger partial charge in [0.1, 0.15) is 12.3 Å². The van der Waals surface area contributed by atoms with E-state index in [1.807, 2.05) is 0 Å². The molecule has 0 bridgehead atoms. The second-order valence-corrected chi connectivity index (χ2v) is 26.8. The standard InChI is InChI=1S/C23H33N3O2.C22H32N4O2.C20H29N3O/c1-18(27)15-25-17-22(26(21(25)28)16-19-9-10-19)11-13-23(14-12-22,24(2)3)20-7-5-4-6-8-20;1-24(2)22(18-6-4-3-5-7-18)12-10-21(11-13-22)16-25(15-19(23)27)20(28)26(21)14-17-8-9-17;1-22(2)20(17-6-4-3-5-7-17)12-10-19(11-13-20)15-21-18(24)23(19)14-16-8-9-16/h4-8,19H,9-17H2,1-3H3;3-7,17H,8-16H2,1-2H3,(H2,23,27);3-7,16H,8-15H2,1-2H3,(H,21,24). The van der Waals surface area contributed by atoms with Crippen molar-refractivity contribution in [2.75, 3.05) is 94.6 Å². The molecule has 3 heterocycles. The van der Waals surface area contributed by atoms with Crippen molar-refractivity contribution in [3.05, 3.63) is 108 Å². The molecule has 7 amide bonds. The number of nitrogens with two attached hydrogens (primary N) is 1. The van der Waals surface area contributed by atoms with Crippen LogP contribution in [0.4, 0.5) is 14.4 Å². The molecule has 6 aliphatic carbocycles. The number of carbonyl (C=O) groups is 5. The third-order valence-corrected chi connectivity index (χ3v) is 21.2. The van der Waals surface area contributed by atoms with Crippen LogP contribution in [-0.2, 0) is 26.2 Å². The van der Waals surface area contributed by atoms with Crippen LogP contribution in [0, 0.1) is 17.8 Å². The Morgan fingerprint density at radius 3 is 1.09 bits per heavy atom. The fourth-order valence-electron chi connectivity index (χ4n) is 15.5. The summed E-state index contributed by atoms with van der Waals surface area (Å²) in [7, 11) is 13.1. The third-order valence-electron chi connectivity index (χ3n) is 21.2. The van der Waals surface area contributed by atoms with Crippen molar-refractivity contribution in [3.63, 3.8) is 0 Å². The van der Waals surface area contributed by atoms with Gasteiger partial charge in [0, 0.05) is 55.9 Å². The first-order chi connectivity index (χ1) is 38.3. The molecule has 80 heavy (non-hydrogen) atoms. The SMILES string of the molecule is CC(=O)CN1CC2(CCC(c3ccccc3)(N(C)C)CC2)N(CC2CC2)C1=O.CN(C)C1(c2ccccc2)CCC2(CC1)CN(CC(N)=O)C(=O)N2CC1CC1.CN(C)C1(c2ccccc2)CCC2(CC1)CNC(=O)N2CC1CC1. The molecular formula is C65H94N10O5. The summed E-state index contributed by atoms with van der Waals surface area (Å²) in [4.78, 5) is 78.8. The fraction of sp³-hybridized carbons (Fsp3) is 0.646. The Morgan fingerprint density at radius 2 is 0.787 bits per heavy atom. The number of nitrogens with zero attached hydrogens (tertiary/aromatic N) is 8. The summed E-state index contributed by atoms with van der Waals surface area (Å²) in [5, 5.41) is 3.13. The number of amides is 7. The van der Waals surface area contributed by atoms with Crippen molar-refractivity contribution in [1.82, 2.24) is 44.5 Å². The Balaban J connectivity index is 0.000000135. The van der Waals surface area contributed by atoms with Gasteiger partial charge in [-0.3, -0.25) is 24.3 Å². The highest BCUT2D eigenvalue weighted by Crippen LogP contribution is 2.53. The average Bonchev–Trinajstić information content (AvgIpc) is 4.49. The van der Waals surface area contributed by atoms with Crippen LogP contribution in [-0.4, -0.2) is 180 Å². The van der Waals surface area contributed by atoms with Gasteiger partial charge in [-0.05, 0) is 199 Å². The van der Waals surface area contributed by atoms with Crippen LogP contribution in [0.25, 0.3) is 0 Å². The lowest BCUT2D eigenvalue weighted by Gasteiger charge is -2.51. The maximum absolute atomic E-state index is 13.1. The molecule has 0 atom stereocenters. The fourth-order valence-corrected chi connectivity index (χ4v) is 15.5. The summed E-state index contributed by atoms with van der Waals surface area (Å²) < 4.78 is 0. The summed E-state index contributed by atoms with van der Waals surface area (Å²) in [6.07, 6.45) is 19.8. The molecule has 3 aromatic rings. The summed E-state index contributed by atoms with van der Waals surface area (Å²) in [6, 6.07) is 32.7. The Kier molecular flexibility index (Phi) is 16.6. The predicted molar refractivity (Wildman–Crippen MR) is 315 cm³/mol. The molecule has 9 fully saturated rings. The molecule has 3 N–H and O–H groups in total. The molecule has 15 nitrogen and oxygen atoms in total. The minimum Gasteiger partial charge on any atom is -0.368 e. The molecule has 434 valence electrons. The van der Waals surface area contributed by atoms with Crippen molar-refractivity contribution >= 4 is 29.8 Å². The van der Waals surface area contributed by atoms with E-state index in [2.05, 4.69) is 168 Å². The molecule has 0 radical (unpaired) electrons. The first kappa shape index (κ1) is 57.7. The van der Waals surface area contributed by atoms with E-state index < -0.39 is 5.91 Å². The highest BCUT2D eigenvalue weighted by atomic mass is 16.2. The first-order valence-electron chi connectivity index (χ1n) is 30.4. The summed E-state index contributed by atoms with van der Waals surface area (Å²) >= 11 is 0. The number of rotatable bonds is 16. The van der Waals surface area contributed by atoms with E-state index in [-0.39, 0.29) is 70.2 Å². The number of hydrogen-bond acceptors (Lipinski definition) is 8. The van der Waals surface area contributed by atoms with E-state index in [0.29, 0.717) is 24.9 Å². The maximum atomic E-state index is 13.1. The molecule has 0 aromatic heterocycles. The number of benzene rings is 3. The number of hydrogen-bond donors (Lipinski definition) is 2. The van der Waals surface area contributed by atoms with Gasteiger partial charge in [-0.2, -0.15) is 0 Å². The average molecular weight is 1100 g/mol. The van der Waals surface area contributed by atoms with E-state index in [0.717, 1.165) is 109 Å². The van der Waals surface area contributed by atoms with Crippen LogP contribution in [0.5, 0.6) is 0 Å². The monoisotopic (exact) mass is 1090 g/mol. The number of urea groups is 3. The zero-order chi connectivity index (χ0) is 56.7. The van der Waals surface area contributed by atoms with E-state index in [4.69, 9.17) is 5.73 Å².